The molecule has 1 fully saturated rings. The van der Waals surface area contributed by atoms with Crippen molar-refractivity contribution in [3.63, 3.8) is 0 Å². The SMILES string of the molecule is Cc1cc(C)n(CCCNCc2cccc(C3CC3)c2)n1. The molecule has 3 nitrogen and oxygen atoms in total. The summed E-state index contributed by atoms with van der Waals surface area (Å²) < 4.78 is 2.10. The summed E-state index contributed by atoms with van der Waals surface area (Å²) in [5, 5.41) is 8.04. The van der Waals surface area contributed by atoms with Crippen LogP contribution in [0.1, 0.15) is 47.7 Å². The Balaban J connectivity index is 1.40. The van der Waals surface area contributed by atoms with E-state index in [0.717, 1.165) is 37.7 Å². The summed E-state index contributed by atoms with van der Waals surface area (Å²) in [6.45, 7) is 7.17. The van der Waals surface area contributed by atoms with Crippen LogP contribution in [0.5, 0.6) is 0 Å². The third-order valence-electron chi connectivity index (χ3n) is 4.16. The Morgan fingerprint density at radius 2 is 2.10 bits per heavy atom. The van der Waals surface area contributed by atoms with E-state index in [1.807, 2.05) is 0 Å². The Bertz CT molecular complexity index is 596. The summed E-state index contributed by atoms with van der Waals surface area (Å²) in [7, 11) is 0. The average Bonchev–Trinajstić information content (AvgIpc) is 3.26. The molecule has 1 aliphatic carbocycles. The van der Waals surface area contributed by atoms with Gasteiger partial charge in [-0.25, -0.2) is 0 Å². The molecule has 3 rings (SSSR count). The number of aromatic nitrogens is 2. The molecule has 1 aromatic carbocycles. The molecule has 21 heavy (non-hydrogen) atoms. The third kappa shape index (κ3) is 3.94. The molecule has 3 heteroatoms. The van der Waals surface area contributed by atoms with Crippen molar-refractivity contribution in [3.8, 4) is 0 Å². The summed E-state index contributed by atoms with van der Waals surface area (Å²) in [6, 6.07) is 11.2. The van der Waals surface area contributed by atoms with Gasteiger partial charge in [0.05, 0.1) is 5.69 Å². The fourth-order valence-corrected chi connectivity index (χ4v) is 2.86. The first kappa shape index (κ1) is 14.3. The summed E-state index contributed by atoms with van der Waals surface area (Å²) in [4.78, 5) is 0. The number of hydrogen-bond acceptors (Lipinski definition) is 2. The van der Waals surface area contributed by atoms with Crippen molar-refractivity contribution in [2.75, 3.05) is 6.54 Å². The Labute approximate surface area is 127 Å². The average molecular weight is 283 g/mol. The first-order valence-electron chi connectivity index (χ1n) is 8.03. The number of nitrogens with one attached hydrogen (secondary N) is 1. The summed E-state index contributed by atoms with van der Waals surface area (Å²) >= 11 is 0. The van der Waals surface area contributed by atoms with Crippen LogP contribution in [0.3, 0.4) is 0 Å². The lowest BCUT2D eigenvalue weighted by molar-refractivity contribution is 0.532. The van der Waals surface area contributed by atoms with Gasteiger partial charge in [-0.2, -0.15) is 5.10 Å². The van der Waals surface area contributed by atoms with E-state index >= 15 is 0 Å². The third-order valence-corrected chi connectivity index (χ3v) is 4.16. The molecule has 0 saturated heterocycles. The van der Waals surface area contributed by atoms with Crippen LogP contribution in [-0.2, 0) is 13.1 Å². The molecule has 0 aliphatic heterocycles. The van der Waals surface area contributed by atoms with Crippen LogP contribution in [0, 0.1) is 13.8 Å². The molecule has 0 unspecified atom stereocenters. The lowest BCUT2D eigenvalue weighted by Gasteiger charge is -2.08. The molecule has 1 aromatic heterocycles. The Morgan fingerprint density at radius 3 is 2.81 bits per heavy atom. The highest BCUT2D eigenvalue weighted by Gasteiger charge is 2.23. The maximum absolute atomic E-state index is 4.49. The van der Waals surface area contributed by atoms with Crippen molar-refractivity contribution in [2.45, 2.75) is 52.1 Å². The quantitative estimate of drug-likeness (QED) is 0.787. The number of nitrogens with zero attached hydrogens (tertiary/aromatic N) is 2. The molecule has 1 aliphatic rings. The Morgan fingerprint density at radius 1 is 1.24 bits per heavy atom. The van der Waals surface area contributed by atoms with Crippen molar-refractivity contribution in [2.24, 2.45) is 0 Å². The lowest BCUT2D eigenvalue weighted by atomic mass is 10.1. The van der Waals surface area contributed by atoms with Crippen LogP contribution in [0.2, 0.25) is 0 Å². The van der Waals surface area contributed by atoms with Gasteiger partial charge in [-0.3, -0.25) is 4.68 Å². The molecule has 0 spiro atoms. The molecular formula is C18H25N3. The molecule has 2 aromatic rings. The molecule has 0 atom stereocenters. The van der Waals surface area contributed by atoms with Crippen molar-refractivity contribution in [1.29, 1.82) is 0 Å². The van der Waals surface area contributed by atoms with E-state index in [0.29, 0.717) is 0 Å². The van der Waals surface area contributed by atoms with E-state index in [2.05, 4.69) is 59.3 Å². The molecular weight excluding hydrogens is 258 g/mol. The van der Waals surface area contributed by atoms with Crippen LogP contribution in [0.15, 0.2) is 30.3 Å². The standard InChI is InChI=1S/C18H25N3/c1-14-11-15(2)21(20-14)10-4-9-19-13-16-5-3-6-18(12-16)17-7-8-17/h3,5-6,11-12,17,19H,4,7-10,13H2,1-2H3. The van der Waals surface area contributed by atoms with Crippen LogP contribution < -0.4 is 5.32 Å². The zero-order valence-electron chi connectivity index (χ0n) is 13.1. The predicted molar refractivity (Wildman–Crippen MR) is 86.4 cm³/mol. The van der Waals surface area contributed by atoms with Gasteiger partial charge < -0.3 is 5.32 Å². The lowest BCUT2D eigenvalue weighted by Crippen LogP contribution is -2.17. The molecule has 1 saturated carbocycles. The zero-order valence-corrected chi connectivity index (χ0v) is 13.1. The highest BCUT2D eigenvalue weighted by atomic mass is 15.3. The highest BCUT2D eigenvalue weighted by molar-refractivity contribution is 5.29. The summed E-state index contributed by atoms with van der Waals surface area (Å²) in [6.07, 6.45) is 3.86. The molecule has 112 valence electrons. The van der Waals surface area contributed by atoms with Gasteiger partial charge in [-0.05, 0) is 62.8 Å². The van der Waals surface area contributed by atoms with Gasteiger partial charge in [0.15, 0.2) is 0 Å². The van der Waals surface area contributed by atoms with Gasteiger partial charge in [0.1, 0.15) is 0 Å². The van der Waals surface area contributed by atoms with Gasteiger partial charge in [0.25, 0.3) is 0 Å². The fourth-order valence-electron chi connectivity index (χ4n) is 2.86. The number of aryl methyl sites for hydroxylation is 3. The van der Waals surface area contributed by atoms with E-state index in [9.17, 15) is 0 Å². The first-order chi connectivity index (χ1) is 10.2. The Kier molecular flexibility index (Phi) is 4.39. The van der Waals surface area contributed by atoms with Crippen molar-refractivity contribution < 1.29 is 0 Å². The number of rotatable bonds is 7. The second-order valence-electron chi connectivity index (χ2n) is 6.20. The number of hydrogen-bond donors (Lipinski definition) is 1. The largest absolute Gasteiger partial charge is 0.313 e. The second-order valence-corrected chi connectivity index (χ2v) is 6.20. The van der Waals surface area contributed by atoms with Gasteiger partial charge in [0, 0.05) is 18.8 Å². The van der Waals surface area contributed by atoms with Gasteiger partial charge in [-0.1, -0.05) is 24.3 Å². The van der Waals surface area contributed by atoms with E-state index < -0.39 is 0 Å². The smallest absolute Gasteiger partial charge is 0.0596 e. The highest BCUT2D eigenvalue weighted by Crippen LogP contribution is 2.40. The zero-order chi connectivity index (χ0) is 14.7. The van der Waals surface area contributed by atoms with Crippen LogP contribution in [0.4, 0.5) is 0 Å². The van der Waals surface area contributed by atoms with Crippen molar-refractivity contribution in [3.05, 3.63) is 52.8 Å². The van der Waals surface area contributed by atoms with Gasteiger partial charge in [-0.15, -0.1) is 0 Å². The Hall–Kier alpha value is -1.61. The summed E-state index contributed by atoms with van der Waals surface area (Å²) in [5.74, 6) is 0.844. The molecule has 0 bridgehead atoms. The van der Waals surface area contributed by atoms with Crippen molar-refractivity contribution >= 4 is 0 Å². The molecule has 0 radical (unpaired) electrons. The van der Waals surface area contributed by atoms with E-state index in [1.165, 1.54) is 29.7 Å². The minimum atomic E-state index is 0.844. The van der Waals surface area contributed by atoms with Crippen LogP contribution in [-0.4, -0.2) is 16.3 Å². The minimum absolute atomic E-state index is 0.844. The topological polar surface area (TPSA) is 29.9 Å². The first-order valence-corrected chi connectivity index (χ1v) is 8.03. The van der Waals surface area contributed by atoms with E-state index in [1.54, 1.807) is 0 Å². The van der Waals surface area contributed by atoms with Gasteiger partial charge in [0.2, 0.25) is 0 Å². The minimum Gasteiger partial charge on any atom is -0.313 e. The molecule has 0 amide bonds. The normalized spacial score (nSPS) is 14.6. The molecule has 1 heterocycles. The monoisotopic (exact) mass is 283 g/mol. The molecule has 1 N–H and O–H groups in total. The van der Waals surface area contributed by atoms with Crippen LogP contribution in [0.25, 0.3) is 0 Å². The maximum atomic E-state index is 4.49. The second kappa shape index (κ2) is 6.44. The fraction of sp³-hybridized carbons (Fsp3) is 0.500. The van der Waals surface area contributed by atoms with E-state index in [4.69, 9.17) is 0 Å². The van der Waals surface area contributed by atoms with E-state index in [-0.39, 0.29) is 0 Å². The maximum Gasteiger partial charge on any atom is 0.0596 e. The predicted octanol–water partition coefficient (Wildman–Crippen LogP) is 3.56. The van der Waals surface area contributed by atoms with Crippen molar-refractivity contribution in [1.82, 2.24) is 15.1 Å². The number of benzene rings is 1. The summed E-state index contributed by atoms with van der Waals surface area (Å²) in [5.41, 5.74) is 5.30. The van der Waals surface area contributed by atoms with Crippen LogP contribution >= 0.6 is 0 Å². The van der Waals surface area contributed by atoms with Gasteiger partial charge >= 0.3 is 0 Å².